The van der Waals surface area contributed by atoms with Crippen LogP contribution in [-0.4, -0.2) is 30.5 Å². The third kappa shape index (κ3) is 6.68. The molecule has 0 spiro atoms. The third-order valence-corrected chi connectivity index (χ3v) is 9.34. The zero-order chi connectivity index (χ0) is 28.1. The molecule has 1 saturated heterocycles. The number of ether oxygens (including phenoxy) is 2. The topological polar surface area (TPSA) is 105 Å². The van der Waals surface area contributed by atoms with Gasteiger partial charge in [0, 0.05) is 27.8 Å². The Kier molecular flexibility index (Phi) is 8.78. The Bertz CT molecular complexity index is 1510. The number of anilines is 1. The molecule has 1 aliphatic heterocycles. The van der Waals surface area contributed by atoms with Crippen molar-refractivity contribution < 1.29 is 28.1 Å². The highest BCUT2D eigenvalue weighted by molar-refractivity contribution is 7.99. The van der Waals surface area contributed by atoms with Gasteiger partial charge in [0.2, 0.25) is 0 Å². The van der Waals surface area contributed by atoms with E-state index in [-0.39, 0.29) is 35.4 Å². The number of phenolic OH excluding ortho intramolecular Hbond substituents is 1. The number of aromatic hydroxyl groups is 1. The summed E-state index contributed by atoms with van der Waals surface area (Å²) < 4.78 is 41.5. The Morgan fingerprint density at radius 3 is 2.27 bits per heavy atom. The lowest BCUT2D eigenvalue weighted by Crippen LogP contribution is -2.38. The summed E-state index contributed by atoms with van der Waals surface area (Å²) in [4.78, 5) is 1.19. The zero-order valence-electron chi connectivity index (χ0n) is 21.9. The van der Waals surface area contributed by atoms with Crippen molar-refractivity contribution in [2.24, 2.45) is 5.92 Å². The van der Waals surface area contributed by atoms with Crippen LogP contribution in [0.25, 0.3) is 0 Å². The maximum atomic E-state index is 12.9. The summed E-state index contributed by atoms with van der Waals surface area (Å²) in [5.41, 5.74) is 2.89. The van der Waals surface area contributed by atoms with Crippen LogP contribution in [0, 0.1) is 5.92 Å². The van der Waals surface area contributed by atoms with E-state index in [1.807, 2.05) is 42.5 Å². The number of hydrogen-bond acceptors (Lipinski definition) is 7. The molecular formula is C31H31NO6S2. The average Bonchev–Trinajstić information content (AvgIpc) is 2.98. The molecule has 0 radical (unpaired) electrons. The number of rotatable bonds is 9. The maximum Gasteiger partial charge on any atom is 0.261 e. The number of thioether (sulfide) groups is 1. The molecule has 4 aromatic rings. The van der Waals surface area contributed by atoms with Crippen molar-refractivity contribution in [1.82, 2.24) is 0 Å². The largest absolute Gasteiger partial charge is 0.508 e. The van der Waals surface area contributed by atoms with Gasteiger partial charge < -0.3 is 19.7 Å². The monoisotopic (exact) mass is 577 g/mol. The number of sulfonamides is 1. The van der Waals surface area contributed by atoms with E-state index in [0.29, 0.717) is 17.0 Å². The zero-order valence-corrected chi connectivity index (χ0v) is 23.5. The molecule has 9 heteroatoms. The molecule has 0 saturated carbocycles. The van der Waals surface area contributed by atoms with E-state index in [1.54, 1.807) is 72.4 Å². The van der Waals surface area contributed by atoms with Gasteiger partial charge in [-0.2, -0.15) is 0 Å². The van der Waals surface area contributed by atoms with Crippen molar-refractivity contribution in [2.75, 3.05) is 10.5 Å². The van der Waals surface area contributed by atoms with Crippen LogP contribution in [0.3, 0.4) is 0 Å². The van der Waals surface area contributed by atoms with Gasteiger partial charge in [-0.3, -0.25) is 4.72 Å². The molecule has 0 amide bonds. The SMILES string of the molecule is CC1C(CSc2ccc(O)cc2)OC(c2cccc(NS(=O)(=O)c3ccccc3)c2)OC1c1ccc(CO)cc1. The Labute approximate surface area is 238 Å². The van der Waals surface area contributed by atoms with Gasteiger partial charge in [0.25, 0.3) is 10.0 Å². The van der Waals surface area contributed by atoms with Gasteiger partial charge >= 0.3 is 0 Å². The van der Waals surface area contributed by atoms with E-state index in [4.69, 9.17) is 9.47 Å². The normalized spacial score (nSPS) is 21.1. The second-order valence-electron chi connectivity index (χ2n) is 9.67. The van der Waals surface area contributed by atoms with Crippen LogP contribution in [0.2, 0.25) is 0 Å². The lowest BCUT2D eigenvalue weighted by atomic mass is 9.91. The average molecular weight is 578 g/mol. The fraction of sp³-hybridized carbons (Fsp3) is 0.226. The van der Waals surface area contributed by atoms with E-state index in [1.165, 1.54) is 0 Å². The molecule has 4 atom stereocenters. The predicted octanol–water partition coefficient (Wildman–Crippen LogP) is 6.27. The number of phenols is 1. The lowest BCUT2D eigenvalue weighted by Gasteiger charge is -2.41. The van der Waals surface area contributed by atoms with Crippen molar-refractivity contribution in [3.05, 3.63) is 120 Å². The minimum Gasteiger partial charge on any atom is -0.508 e. The highest BCUT2D eigenvalue weighted by Gasteiger charge is 2.38. The van der Waals surface area contributed by atoms with Gasteiger partial charge in [-0.05, 0) is 59.7 Å². The fourth-order valence-electron chi connectivity index (χ4n) is 4.59. The summed E-state index contributed by atoms with van der Waals surface area (Å²) in [6, 6.07) is 30.0. The lowest BCUT2D eigenvalue weighted by molar-refractivity contribution is -0.268. The molecule has 0 aromatic heterocycles. The first-order chi connectivity index (χ1) is 19.3. The number of nitrogens with one attached hydrogen (secondary N) is 1. The Hall–Kier alpha value is -3.34. The van der Waals surface area contributed by atoms with Crippen LogP contribution >= 0.6 is 11.8 Å². The molecule has 40 heavy (non-hydrogen) atoms. The summed E-state index contributed by atoms with van der Waals surface area (Å²) in [6.45, 7) is 2.05. The Morgan fingerprint density at radius 1 is 0.850 bits per heavy atom. The van der Waals surface area contributed by atoms with Crippen molar-refractivity contribution in [2.45, 2.75) is 41.8 Å². The van der Waals surface area contributed by atoms with Crippen LogP contribution in [-0.2, 0) is 26.1 Å². The Balaban J connectivity index is 1.40. The second-order valence-corrected chi connectivity index (χ2v) is 12.4. The summed E-state index contributed by atoms with van der Waals surface area (Å²) in [5.74, 6) is 0.868. The Morgan fingerprint density at radius 2 is 1.57 bits per heavy atom. The first-order valence-corrected chi connectivity index (χ1v) is 15.4. The summed E-state index contributed by atoms with van der Waals surface area (Å²) in [6.07, 6.45) is -1.21. The summed E-state index contributed by atoms with van der Waals surface area (Å²) in [5, 5.41) is 19.1. The third-order valence-electron chi connectivity index (χ3n) is 6.84. The van der Waals surface area contributed by atoms with E-state index in [0.717, 1.165) is 16.0 Å². The molecule has 4 aromatic carbocycles. The van der Waals surface area contributed by atoms with E-state index < -0.39 is 16.3 Å². The van der Waals surface area contributed by atoms with Gasteiger partial charge in [-0.25, -0.2) is 8.42 Å². The van der Waals surface area contributed by atoms with Crippen LogP contribution in [0.5, 0.6) is 5.75 Å². The van der Waals surface area contributed by atoms with Crippen molar-refractivity contribution in [3.8, 4) is 5.75 Å². The van der Waals surface area contributed by atoms with Gasteiger partial charge in [0.05, 0.1) is 23.7 Å². The second kappa shape index (κ2) is 12.4. The van der Waals surface area contributed by atoms with Crippen molar-refractivity contribution in [1.29, 1.82) is 0 Å². The first-order valence-electron chi connectivity index (χ1n) is 12.9. The predicted molar refractivity (Wildman–Crippen MR) is 155 cm³/mol. The number of aliphatic hydroxyl groups is 1. The minimum atomic E-state index is -3.76. The molecule has 7 nitrogen and oxygen atoms in total. The summed E-state index contributed by atoms with van der Waals surface area (Å²) >= 11 is 1.63. The number of aliphatic hydroxyl groups excluding tert-OH is 1. The number of hydrogen-bond donors (Lipinski definition) is 3. The molecular weight excluding hydrogens is 546 g/mol. The van der Waals surface area contributed by atoms with Crippen LogP contribution in [0.15, 0.2) is 113 Å². The fourth-order valence-corrected chi connectivity index (χ4v) is 6.73. The minimum absolute atomic E-state index is 0.000563. The molecule has 0 bridgehead atoms. The van der Waals surface area contributed by atoms with E-state index >= 15 is 0 Å². The standard InChI is InChI=1S/C31H31NO6S2/c1-21-29(20-39-27-16-14-26(34)15-17-27)37-31(38-30(21)23-12-10-22(19-33)11-13-23)24-6-5-7-25(18-24)32-40(35,36)28-8-3-2-4-9-28/h2-18,21,29-34H,19-20H2,1H3. The molecule has 1 heterocycles. The number of benzene rings is 4. The highest BCUT2D eigenvalue weighted by atomic mass is 32.2. The highest BCUT2D eigenvalue weighted by Crippen LogP contribution is 2.43. The molecule has 0 aliphatic carbocycles. The van der Waals surface area contributed by atoms with Gasteiger partial charge in [0.15, 0.2) is 6.29 Å². The van der Waals surface area contributed by atoms with Gasteiger partial charge in [-0.1, -0.05) is 61.5 Å². The quantitative estimate of drug-likeness (QED) is 0.201. The van der Waals surface area contributed by atoms with Crippen molar-refractivity contribution in [3.63, 3.8) is 0 Å². The maximum absolute atomic E-state index is 12.9. The molecule has 1 aliphatic rings. The van der Waals surface area contributed by atoms with Crippen LogP contribution in [0.4, 0.5) is 5.69 Å². The molecule has 5 rings (SSSR count). The molecule has 1 fully saturated rings. The molecule has 3 N–H and O–H groups in total. The summed E-state index contributed by atoms with van der Waals surface area (Å²) in [7, 11) is -3.76. The van der Waals surface area contributed by atoms with Crippen LogP contribution < -0.4 is 4.72 Å². The van der Waals surface area contributed by atoms with Gasteiger partial charge in [0.1, 0.15) is 5.75 Å². The van der Waals surface area contributed by atoms with Crippen LogP contribution in [0.1, 0.15) is 36.0 Å². The first kappa shape index (κ1) is 28.2. The smallest absolute Gasteiger partial charge is 0.261 e. The van der Waals surface area contributed by atoms with E-state index in [2.05, 4.69) is 11.6 Å². The van der Waals surface area contributed by atoms with Crippen molar-refractivity contribution >= 4 is 27.5 Å². The molecule has 4 unspecified atom stereocenters. The molecule has 208 valence electrons. The van der Waals surface area contributed by atoms with E-state index in [9.17, 15) is 18.6 Å². The van der Waals surface area contributed by atoms with Gasteiger partial charge in [-0.15, -0.1) is 11.8 Å².